The quantitative estimate of drug-likeness (QED) is 0.449. The molecule has 1 radical (unpaired) electrons. The van der Waals surface area contributed by atoms with E-state index in [-0.39, 0.29) is 6.02 Å². The highest BCUT2D eigenvalue weighted by atomic mass is 16.5. The van der Waals surface area contributed by atoms with Crippen LogP contribution < -0.4 is 10.7 Å². The summed E-state index contributed by atoms with van der Waals surface area (Å²) in [7, 11) is 1.40. The summed E-state index contributed by atoms with van der Waals surface area (Å²) in [6, 6.07) is -0.336. The maximum Gasteiger partial charge on any atom is 0.367 e. The molecule has 0 atom stereocenters. The molecule has 1 aliphatic heterocycles. The van der Waals surface area contributed by atoms with Crippen molar-refractivity contribution in [1.82, 2.24) is 10.7 Å². The summed E-state index contributed by atoms with van der Waals surface area (Å²) < 4.78 is 4.51. The van der Waals surface area contributed by atoms with Crippen molar-refractivity contribution >= 4 is 12.1 Å². The number of hydrogen-bond acceptors (Lipinski definition) is 3. The molecule has 8 heavy (non-hydrogen) atoms. The predicted octanol–water partition coefficient (Wildman–Crippen LogP) is -0.769. The number of urea groups is 1. The van der Waals surface area contributed by atoms with Gasteiger partial charge in [-0.1, -0.05) is 10.5 Å². The van der Waals surface area contributed by atoms with Crippen molar-refractivity contribution in [2.75, 3.05) is 7.11 Å². The first-order valence-corrected chi connectivity index (χ1v) is 1.96. The third-order valence-electron chi connectivity index (χ3n) is 0.639. The van der Waals surface area contributed by atoms with Gasteiger partial charge in [0.25, 0.3) is 0 Å². The van der Waals surface area contributed by atoms with Crippen LogP contribution in [0.15, 0.2) is 5.10 Å². The number of amides is 2. The third-order valence-corrected chi connectivity index (χ3v) is 0.639. The summed E-state index contributed by atoms with van der Waals surface area (Å²) in [4.78, 5) is 10.1. The number of amidine groups is 1. The minimum absolute atomic E-state index is 0.148. The molecule has 0 aromatic rings. The van der Waals surface area contributed by atoms with E-state index in [9.17, 15) is 4.79 Å². The number of rotatable bonds is 0. The maximum atomic E-state index is 10.1. The van der Waals surface area contributed by atoms with Crippen molar-refractivity contribution in [1.29, 1.82) is 0 Å². The fourth-order valence-electron chi connectivity index (χ4n) is 0.324. The Bertz CT molecular complexity index is 141. The molecule has 0 aromatic carbocycles. The van der Waals surface area contributed by atoms with Gasteiger partial charge in [0.15, 0.2) is 0 Å². The first kappa shape index (κ1) is 4.89. The van der Waals surface area contributed by atoms with Crippen LogP contribution in [0.5, 0.6) is 0 Å². The molecule has 1 N–H and O–H groups in total. The van der Waals surface area contributed by atoms with Gasteiger partial charge in [0.1, 0.15) is 0 Å². The van der Waals surface area contributed by atoms with Gasteiger partial charge in [0.2, 0.25) is 0 Å². The van der Waals surface area contributed by atoms with Gasteiger partial charge in [-0.2, -0.15) is 0 Å². The first-order valence-electron chi connectivity index (χ1n) is 1.96. The Morgan fingerprint density at radius 3 is 2.75 bits per heavy atom. The molecular formula is C3H4N3O2. The van der Waals surface area contributed by atoms with Gasteiger partial charge in [0, 0.05) is 0 Å². The highest BCUT2D eigenvalue weighted by Gasteiger charge is 2.13. The SMILES string of the molecule is COC1=N[N]C(=O)N1. The zero-order chi connectivity index (χ0) is 5.98. The summed E-state index contributed by atoms with van der Waals surface area (Å²) in [5.74, 6) is 0. The monoisotopic (exact) mass is 114 g/mol. The zero-order valence-corrected chi connectivity index (χ0v) is 4.21. The minimum Gasteiger partial charge on any atom is -0.467 e. The average molecular weight is 114 g/mol. The maximum absolute atomic E-state index is 10.1. The number of hydrogen-bond donors (Lipinski definition) is 1. The molecule has 0 saturated carbocycles. The van der Waals surface area contributed by atoms with Crippen LogP contribution in [0, 0.1) is 0 Å². The lowest BCUT2D eigenvalue weighted by molar-refractivity contribution is 0.246. The molecule has 0 unspecified atom stereocenters. The molecule has 43 valence electrons. The Labute approximate surface area is 45.7 Å². The van der Waals surface area contributed by atoms with Gasteiger partial charge in [-0.15, -0.1) is 0 Å². The van der Waals surface area contributed by atoms with Gasteiger partial charge in [0.05, 0.1) is 7.11 Å². The van der Waals surface area contributed by atoms with Crippen molar-refractivity contribution in [3.05, 3.63) is 0 Å². The molecule has 2 amide bonds. The van der Waals surface area contributed by atoms with Gasteiger partial charge in [-0.25, -0.2) is 4.79 Å². The topological polar surface area (TPSA) is 64.8 Å². The molecule has 5 nitrogen and oxygen atoms in total. The van der Waals surface area contributed by atoms with Gasteiger partial charge < -0.3 is 4.74 Å². The summed E-state index contributed by atoms with van der Waals surface area (Å²) in [5, 5.41) is 5.52. The summed E-state index contributed by atoms with van der Waals surface area (Å²) in [6.45, 7) is 0. The summed E-state index contributed by atoms with van der Waals surface area (Å²) >= 11 is 0. The molecular weight excluding hydrogens is 110 g/mol. The van der Waals surface area contributed by atoms with Crippen LogP contribution in [-0.4, -0.2) is 19.2 Å². The van der Waals surface area contributed by atoms with Crippen LogP contribution in [0.1, 0.15) is 0 Å². The molecule has 0 aromatic heterocycles. The molecule has 1 aliphatic rings. The minimum atomic E-state index is -0.484. The number of methoxy groups -OCH3 is 1. The van der Waals surface area contributed by atoms with Crippen LogP contribution in [0.3, 0.4) is 0 Å². The molecule has 5 heteroatoms. The number of ether oxygens (including phenoxy) is 1. The van der Waals surface area contributed by atoms with Crippen LogP contribution in [0.25, 0.3) is 0 Å². The standard InChI is InChI=1S/C3H4N3O2/c1-8-3-4-2(7)5-6-3/h1H3,(H,4,6,7). The van der Waals surface area contributed by atoms with Crippen molar-refractivity contribution < 1.29 is 9.53 Å². The molecule has 0 spiro atoms. The highest BCUT2D eigenvalue weighted by molar-refractivity contribution is 5.97. The fourth-order valence-corrected chi connectivity index (χ4v) is 0.324. The molecule has 0 bridgehead atoms. The second kappa shape index (κ2) is 1.69. The highest BCUT2D eigenvalue weighted by Crippen LogP contribution is 1.83. The second-order valence-electron chi connectivity index (χ2n) is 1.14. The molecule has 0 saturated heterocycles. The van der Waals surface area contributed by atoms with Crippen LogP contribution in [-0.2, 0) is 4.74 Å². The summed E-state index contributed by atoms with van der Waals surface area (Å²) in [6.07, 6.45) is 0. The molecule has 0 fully saturated rings. The van der Waals surface area contributed by atoms with Crippen molar-refractivity contribution in [3.63, 3.8) is 0 Å². The van der Waals surface area contributed by atoms with E-state index in [1.54, 1.807) is 0 Å². The molecule has 0 aliphatic carbocycles. The predicted molar refractivity (Wildman–Crippen MR) is 25.1 cm³/mol. The van der Waals surface area contributed by atoms with E-state index in [0.717, 1.165) is 0 Å². The lowest BCUT2D eigenvalue weighted by Crippen LogP contribution is -2.25. The number of carbonyl (C=O) groups excluding carboxylic acids is 1. The average Bonchev–Trinajstić information content (AvgIpc) is 2.14. The number of nitrogens with zero attached hydrogens (tertiary/aromatic N) is 2. The van der Waals surface area contributed by atoms with Gasteiger partial charge >= 0.3 is 12.1 Å². The second-order valence-corrected chi connectivity index (χ2v) is 1.14. The number of nitrogens with one attached hydrogen (secondary N) is 1. The van der Waals surface area contributed by atoms with Gasteiger partial charge in [-0.3, -0.25) is 5.32 Å². The smallest absolute Gasteiger partial charge is 0.367 e. The van der Waals surface area contributed by atoms with E-state index in [4.69, 9.17) is 0 Å². The first-order chi connectivity index (χ1) is 3.83. The fraction of sp³-hybridized carbons (Fsp3) is 0.333. The molecule has 1 rings (SSSR count). The lowest BCUT2D eigenvalue weighted by Gasteiger charge is -1.91. The summed E-state index contributed by atoms with van der Waals surface area (Å²) in [5.41, 5.74) is 3.10. The van der Waals surface area contributed by atoms with Crippen molar-refractivity contribution in [3.8, 4) is 0 Å². The normalized spacial score (nSPS) is 16.6. The van der Waals surface area contributed by atoms with E-state index >= 15 is 0 Å². The number of carbonyl (C=O) groups is 1. The Kier molecular flexibility index (Phi) is 1.03. The van der Waals surface area contributed by atoms with E-state index in [1.807, 2.05) is 0 Å². The Morgan fingerprint density at radius 2 is 2.50 bits per heavy atom. The molecule has 1 heterocycles. The van der Waals surface area contributed by atoms with E-state index in [0.29, 0.717) is 0 Å². The van der Waals surface area contributed by atoms with E-state index in [2.05, 4.69) is 20.6 Å². The van der Waals surface area contributed by atoms with E-state index in [1.165, 1.54) is 7.11 Å². The Balaban J connectivity index is 2.49. The van der Waals surface area contributed by atoms with Crippen LogP contribution >= 0.6 is 0 Å². The third kappa shape index (κ3) is 0.699. The van der Waals surface area contributed by atoms with Gasteiger partial charge in [-0.05, 0) is 0 Å². The van der Waals surface area contributed by atoms with Crippen LogP contribution in [0.2, 0.25) is 0 Å². The van der Waals surface area contributed by atoms with E-state index < -0.39 is 6.03 Å². The Hall–Kier alpha value is -1.26. The Morgan fingerprint density at radius 1 is 1.75 bits per heavy atom. The van der Waals surface area contributed by atoms with Crippen molar-refractivity contribution in [2.24, 2.45) is 5.10 Å². The zero-order valence-electron chi connectivity index (χ0n) is 4.21. The van der Waals surface area contributed by atoms with Crippen LogP contribution in [0.4, 0.5) is 4.79 Å². The van der Waals surface area contributed by atoms with Crippen molar-refractivity contribution in [2.45, 2.75) is 0 Å². The lowest BCUT2D eigenvalue weighted by atomic mass is 11.0. The largest absolute Gasteiger partial charge is 0.467 e.